The van der Waals surface area contributed by atoms with E-state index in [4.69, 9.17) is 0 Å². The number of nitrogens with one attached hydrogen (secondary N) is 2. The summed E-state index contributed by atoms with van der Waals surface area (Å²) in [7, 11) is 0. The van der Waals surface area contributed by atoms with Gasteiger partial charge in [0.05, 0.1) is 11.2 Å². The normalized spacial score (nSPS) is 18.7. The molecule has 4 nitrogen and oxygen atoms in total. The SMILES string of the molecule is CC1(C)CNC(c2ccccc2O)=CC(=O)N1. The van der Waals surface area contributed by atoms with Gasteiger partial charge in [-0.25, -0.2) is 0 Å². The summed E-state index contributed by atoms with van der Waals surface area (Å²) in [6.07, 6.45) is 1.48. The van der Waals surface area contributed by atoms with Gasteiger partial charge in [0.1, 0.15) is 5.75 Å². The molecular weight excluding hydrogens is 216 g/mol. The third-order valence-corrected chi connectivity index (χ3v) is 2.65. The van der Waals surface area contributed by atoms with E-state index in [1.807, 2.05) is 19.9 Å². The van der Waals surface area contributed by atoms with Crippen LogP contribution in [0.5, 0.6) is 5.75 Å². The van der Waals surface area contributed by atoms with Gasteiger partial charge < -0.3 is 15.7 Å². The van der Waals surface area contributed by atoms with Crippen LogP contribution in [0.3, 0.4) is 0 Å². The number of carbonyl (C=O) groups is 1. The lowest BCUT2D eigenvalue weighted by atomic mass is 10.1. The molecule has 0 fully saturated rings. The van der Waals surface area contributed by atoms with Crippen LogP contribution in [0.15, 0.2) is 30.3 Å². The lowest BCUT2D eigenvalue weighted by molar-refractivity contribution is -0.117. The average molecular weight is 232 g/mol. The minimum absolute atomic E-state index is 0.154. The van der Waals surface area contributed by atoms with Crippen LogP contribution in [0.4, 0.5) is 0 Å². The maximum absolute atomic E-state index is 11.7. The van der Waals surface area contributed by atoms with Gasteiger partial charge in [-0.2, -0.15) is 0 Å². The van der Waals surface area contributed by atoms with Gasteiger partial charge in [-0.05, 0) is 26.0 Å². The summed E-state index contributed by atoms with van der Waals surface area (Å²) in [4.78, 5) is 11.7. The number of hydrogen-bond acceptors (Lipinski definition) is 3. The van der Waals surface area contributed by atoms with Crippen molar-refractivity contribution < 1.29 is 9.90 Å². The lowest BCUT2D eigenvalue weighted by Gasteiger charge is -2.24. The number of para-hydroxylation sites is 1. The highest BCUT2D eigenvalue weighted by molar-refractivity contribution is 5.96. The van der Waals surface area contributed by atoms with Crippen molar-refractivity contribution in [3.8, 4) is 5.75 Å². The predicted molar refractivity (Wildman–Crippen MR) is 66.3 cm³/mol. The van der Waals surface area contributed by atoms with Crippen molar-refractivity contribution in [2.75, 3.05) is 6.54 Å². The number of hydrogen-bond donors (Lipinski definition) is 3. The molecule has 3 N–H and O–H groups in total. The fourth-order valence-electron chi connectivity index (χ4n) is 1.79. The van der Waals surface area contributed by atoms with E-state index < -0.39 is 0 Å². The van der Waals surface area contributed by atoms with E-state index in [9.17, 15) is 9.90 Å². The Labute approximate surface area is 100 Å². The van der Waals surface area contributed by atoms with E-state index in [1.54, 1.807) is 18.2 Å². The summed E-state index contributed by atoms with van der Waals surface area (Å²) >= 11 is 0. The van der Waals surface area contributed by atoms with E-state index in [0.29, 0.717) is 17.8 Å². The number of benzene rings is 1. The first-order valence-corrected chi connectivity index (χ1v) is 5.54. The number of aromatic hydroxyl groups is 1. The highest BCUT2D eigenvalue weighted by Crippen LogP contribution is 2.24. The van der Waals surface area contributed by atoms with Crippen LogP contribution in [0, 0.1) is 0 Å². The molecule has 0 bridgehead atoms. The second kappa shape index (κ2) is 4.13. The third-order valence-electron chi connectivity index (χ3n) is 2.65. The topological polar surface area (TPSA) is 61.4 Å². The molecule has 0 aromatic heterocycles. The maximum atomic E-state index is 11.7. The molecular formula is C13H16N2O2. The number of phenolic OH excluding ortho intramolecular Hbond substituents is 1. The van der Waals surface area contributed by atoms with E-state index in [-0.39, 0.29) is 17.2 Å². The first-order chi connectivity index (χ1) is 7.98. The van der Waals surface area contributed by atoms with Gasteiger partial charge in [0.15, 0.2) is 0 Å². The first kappa shape index (κ1) is 11.5. The van der Waals surface area contributed by atoms with Gasteiger partial charge in [-0.15, -0.1) is 0 Å². The highest BCUT2D eigenvalue weighted by Gasteiger charge is 2.24. The van der Waals surface area contributed by atoms with Crippen LogP contribution in [0.2, 0.25) is 0 Å². The molecule has 0 saturated heterocycles. The van der Waals surface area contributed by atoms with Gasteiger partial charge in [-0.3, -0.25) is 4.79 Å². The van der Waals surface area contributed by atoms with E-state index in [1.165, 1.54) is 6.08 Å². The van der Waals surface area contributed by atoms with Crippen molar-refractivity contribution in [2.45, 2.75) is 19.4 Å². The van der Waals surface area contributed by atoms with Crippen molar-refractivity contribution in [1.29, 1.82) is 0 Å². The van der Waals surface area contributed by atoms with Gasteiger partial charge in [-0.1, -0.05) is 12.1 Å². The van der Waals surface area contributed by atoms with Crippen LogP contribution in [0.25, 0.3) is 5.70 Å². The maximum Gasteiger partial charge on any atom is 0.246 e. The number of amides is 1. The zero-order chi connectivity index (χ0) is 12.5. The summed E-state index contributed by atoms with van der Waals surface area (Å²) in [6.45, 7) is 4.50. The Morgan fingerprint density at radius 2 is 2.00 bits per heavy atom. The smallest absolute Gasteiger partial charge is 0.246 e. The zero-order valence-electron chi connectivity index (χ0n) is 9.95. The quantitative estimate of drug-likeness (QED) is 0.682. The minimum Gasteiger partial charge on any atom is -0.507 e. The molecule has 0 aliphatic carbocycles. The molecule has 17 heavy (non-hydrogen) atoms. The molecule has 4 heteroatoms. The first-order valence-electron chi connectivity index (χ1n) is 5.54. The summed E-state index contributed by atoms with van der Waals surface area (Å²) in [5.41, 5.74) is 0.978. The van der Waals surface area contributed by atoms with Crippen molar-refractivity contribution in [1.82, 2.24) is 10.6 Å². The van der Waals surface area contributed by atoms with Crippen LogP contribution < -0.4 is 10.6 Å². The fourth-order valence-corrected chi connectivity index (χ4v) is 1.79. The number of carbonyl (C=O) groups excluding carboxylic acids is 1. The fraction of sp³-hybridized carbons (Fsp3) is 0.308. The second-order valence-electron chi connectivity index (χ2n) is 4.80. The summed E-state index contributed by atoms with van der Waals surface area (Å²) in [6, 6.07) is 6.96. The summed E-state index contributed by atoms with van der Waals surface area (Å²) < 4.78 is 0. The number of phenols is 1. The number of rotatable bonds is 1. The Kier molecular flexibility index (Phi) is 2.79. The van der Waals surface area contributed by atoms with Gasteiger partial charge in [0.25, 0.3) is 0 Å². The van der Waals surface area contributed by atoms with Crippen LogP contribution in [0.1, 0.15) is 19.4 Å². The zero-order valence-corrected chi connectivity index (χ0v) is 9.95. The molecule has 0 unspecified atom stereocenters. The van der Waals surface area contributed by atoms with E-state index in [0.717, 1.165) is 0 Å². The summed E-state index contributed by atoms with van der Waals surface area (Å²) in [5.74, 6) is 0.0111. The Bertz CT molecular complexity index is 478. The summed E-state index contributed by atoms with van der Waals surface area (Å²) in [5, 5.41) is 15.8. The Hall–Kier alpha value is -1.97. The van der Waals surface area contributed by atoms with Crippen molar-refractivity contribution >= 4 is 11.6 Å². The van der Waals surface area contributed by atoms with Crippen molar-refractivity contribution in [2.24, 2.45) is 0 Å². The van der Waals surface area contributed by atoms with Gasteiger partial charge in [0, 0.05) is 18.2 Å². The molecule has 1 aromatic rings. The predicted octanol–water partition coefficient (Wildman–Crippen LogP) is 1.23. The van der Waals surface area contributed by atoms with E-state index >= 15 is 0 Å². The third kappa shape index (κ3) is 2.58. The molecule has 0 atom stereocenters. The highest BCUT2D eigenvalue weighted by atomic mass is 16.3. The molecule has 0 saturated carbocycles. The van der Waals surface area contributed by atoms with Crippen molar-refractivity contribution in [3.63, 3.8) is 0 Å². The molecule has 1 amide bonds. The average Bonchev–Trinajstić information content (AvgIpc) is 2.37. The van der Waals surface area contributed by atoms with Gasteiger partial charge >= 0.3 is 0 Å². The molecule has 1 heterocycles. The molecule has 1 aliphatic rings. The molecule has 0 radical (unpaired) electrons. The lowest BCUT2D eigenvalue weighted by Crippen LogP contribution is -2.47. The van der Waals surface area contributed by atoms with Crippen molar-refractivity contribution in [3.05, 3.63) is 35.9 Å². The Morgan fingerprint density at radius 3 is 2.71 bits per heavy atom. The monoisotopic (exact) mass is 232 g/mol. The molecule has 1 aliphatic heterocycles. The molecule has 2 rings (SSSR count). The van der Waals surface area contributed by atoms with E-state index in [2.05, 4.69) is 10.6 Å². The standard InChI is InChI=1S/C13H16N2O2/c1-13(2)8-14-10(7-12(17)15-13)9-5-3-4-6-11(9)16/h3-7,14,16H,8H2,1-2H3,(H,15,17). The van der Waals surface area contributed by atoms with Crippen LogP contribution >= 0.6 is 0 Å². The van der Waals surface area contributed by atoms with Crippen LogP contribution in [-0.2, 0) is 4.79 Å². The molecule has 90 valence electrons. The minimum atomic E-state index is -0.306. The van der Waals surface area contributed by atoms with Gasteiger partial charge in [0.2, 0.25) is 5.91 Å². The van der Waals surface area contributed by atoms with Crippen LogP contribution in [-0.4, -0.2) is 23.1 Å². The second-order valence-corrected chi connectivity index (χ2v) is 4.80. The molecule has 0 spiro atoms. The largest absolute Gasteiger partial charge is 0.507 e. The Balaban J connectivity index is 2.34. The molecule has 1 aromatic carbocycles. The Morgan fingerprint density at radius 1 is 1.29 bits per heavy atom.